The zero-order chi connectivity index (χ0) is 13.4. The van der Waals surface area contributed by atoms with Crippen molar-refractivity contribution in [3.05, 3.63) is 47.6 Å². The van der Waals surface area contributed by atoms with E-state index in [4.69, 9.17) is 6.92 Å². The highest BCUT2D eigenvalue weighted by molar-refractivity contribution is 5.93. The summed E-state index contributed by atoms with van der Waals surface area (Å²) in [6.45, 7) is 6.86. The molecule has 2 heterocycles. The first-order chi connectivity index (χ1) is 9.16. The minimum Gasteiger partial charge on any atom is -0.368 e. The van der Waals surface area contributed by atoms with E-state index in [1.165, 1.54) is 0 Å². The van der Waals surface area contributed by atoms with E-state index in [2.05, 4.69) is 4.98 Å². The topological polar surface area (TPSA) is 59.3 Å². The number of anilines is 1. The number of benzene rings is 1. The lowest BCUT2D eigenvalue weighted by atomic mass is 10.1. The fourth-order valence-corrected chi connectivity index (χ4v) is 2.60. The SMILES string of the molecule is [CH]C1CCCN1c1cc([N+](=O)[O-])c2ccncc2c1. The van der Waals surface area contributed by atoms with Crippen molar-refractivity contribution in [2.45, 2.75) is 18.9 Å². The van der Waals surface area contributed by atoms with Gasteiger partial charge in [-0.2, -0.15) is 0 Å². The Morgan fingerprint density at radius 2 is 2.32 bits per heavy atom. The van der Waals surface area contributed by atoms with Crippen LogP contribution in [0.3, 0.4) is 0 Å². The molecular formula is C14H13N3O2. The Labute approximate surface area is 111 Å². The molecule has 0 bridgehead atoms. The molecule has 3 rings (SSSR count). The zero-order valence-corrected chi connectivity index (χ0v) is 10.3. The van der Waals surface area contributed by atoms with Crippen LogP contribution < -0.4 is 4.90 Å². The lowest BCUT2D eigenvalue weighted by Crippen LogP contribution is -2.26. The van der Waals surface area contributed by atoms with Gasteiger partial charge in [-0.25, -0.2) is 0 Å². The van der Waals surface area contributed by atoms with Gasteiger partial charge in [0.2, 0.25) is 0 Å². The van der Waals surface area contributed by atoms with Crippen LogP contribution in [0.1, 0.15) is 12.8 Å². The lowest BCUT2D eigenvalue weighted by Gasteiger charge is -2.23. The highest BCUT2D eigenvalue weighted by Gasteiger charge is 2.23. The van der Waals surface area contributed by atoms with E-state index in [9.17, 15) is 10.1 Å². The van der Waals surface area contributed by atoms with Crippen LogP contribution in [0.15, 0.2) is 30.6 Å². The normalized spacial score (nSPS) is 19.0. The van der Waals surface area contributed by atoms with Gasteiger partial charge in [-0.3, -0.25) is 15.1 Å². The molecule has 0 N–H and O–H groups in total. The summed E-state index contributed by atoms with van der Waals surface area (Å²) in [5.41, 5.74) is 0.909. The number of non-ortho nitro benzene ring substituents is 1. The van der Waals surface area contributed by atoms with Gasteiger partial charge in [0.25, 0.3) is 5.69 Å². The van der Waals surface area contributed by atoms with Crippen LogP contribution in [0.4, 0.5) is 11.4 Å². The Morgan fingerprint density at radius 3 is 3.00 bits per heavy atom. The molecular weight excluding hydrogens is 242 g/mol. The zero-order valence-electron chi connectivity index (χ0n) is 10.3. The van der Waals surface area contributed by atoms with Gasteiger partial charge >= 0.3 is 0 Å². The number of pyridine rings is 1. The first kappa shape index (κ1) is 11.9. The Hall–Kier alpha value is -2.17. The van der Waals surface area contributed by atoms with Crippen molar-refractivity contribution < 1.29 is 4.92 Å². The average molecular weight is 255 g/mol. The monoisotopic (exact) mass is 255 g/mol. The minimum atomic E-state index is -0.354. The molecule has 1 aromatic carbocycles. The molecule has 0 spiro atoms. The number of nitro groups is 1. The Kier molecular flexibility index (Phi) is 2.81. The van der Waals surface area contributed by atoms with Gasteiger partial charge in [-0.1, -0.05) is 0 Å². The van der Waals surface area contributed by atoms with Crippen LogP contribution >= 0.6 is 0 Å². The average Bonchev–Trinajstić information content (AvgIpc) is 2.83. The molecule has 0 saturated carbocycles. The number of hydrogen-bond donors (Lipinski definition) is 0. The summed E-state index contributed by atoms with van der Waals surface area (Å²) in [6, 6.07) is 5.13. The fourth-order valence-electron chi connectivity index (χ4n) is 2.60. The van der Waals surface area contributed by atoms with Crippen molar-refractivity contribution >= 4 is 22.1 Å². The first-order valence-corrected chi connectivity index (χ1v) is 6.21. The molecule has 1 aliphatic heterocycles. The molecule has 1 fully saturated rings. The molecule has 1 atom stereocenters. The number of rotatable bonds is 2. The maximum atomic E-state index is 11.2. The fraction of sp³-hybridized carbons (Fsp3) is 0.286. The van der Waals surface area contributed by atoms with Crippen LogP contribution in [-0.2, 0) is 0 Å². The third kappa shape index (κ3) is 2.01. The Balaban J connectivity index is 2.18. The number of nitrogens with zero attached hydrogens (tertiary/aromatic N) is 3. The molecule has 5 heteroatoms. The smallest absolute Gasteiger partial charge is 0.279 e. The summed E-state index contributed by atoms with van der Waals surface area (Å²) >= 11 is 0. The second-order valence-electron chi connectivity index (χ2n) is 4.72. The summed E-state index contributed by atoms with van der Waals surface area (Å²) in [7, 11) is 0. The van der Waals surface area contributed by atoms with Gasteiger partial charge < -0.3 is 4.90 Å². The Bertz CT molecular complexity index is 642. The third-order valence-electron chi connectivity index (χ3n) is 3.54. The van der Waals surface area contributed by atoms with Gasteiger partial charge in [0.05, 0.1) is 10.3 Å². The quantitative estimate of drug-likeness (QED) is 0.611. The molecule has 1 saturated heterocycles. The highest BCUT2D eigenvalue weighted by Crippen LogP contribution is 2.33. The van der Waals surface area contributed by atoms with Crippen LogP contribution in [0, 0.1) is 17.0 Å². The number of nitro benzene ring substituents is 1. The molecule has 0 aliphatic carbocycles. The molecule has 19 heavy (non-hydrogen) atoms. The van der Waals surface area contributed by atoms with Gasteiger partial charge in [0, 0.05) is 42.1 Å². The first-order valence-electron chi connectivity index (χ1n) is 6.21. The summed E-state index contributed by atoms with van der Waals surface area (Å²) in [5.74, 6) is 0. The van der Waals surface area contributed by atoms with E-state index >= 15 is 0 Å². The lowest BCUT2D eigenvalue weighted by molar-refractivity contribution is -0.383. The van der Waals surface area contributed by atoms with E-state index in [0.29, 0.717) is 5.39 Å². The van der Waals surface area contributed by atoms with Crippen molar-refractivity contribution in [1.29, 1.82) is 0 Å². The Morgan fingerprint density at radius 1 is 1.47 bits per heavy atom. The largest absolute Gasteiger partial charge is 0.368 e. The highest BCUT2D eigenvalue weighted by atomic mass is 16.6. The van der Waals surface area contributed by atoms with E-state index < -0.39 is 0 Å². The van der Waals surface area contributed by atoms with Crippen LogP contribution in [0.5, 0.6) is 0 Å². The van der Waals surface area contributed by atoms with Gasteiger partial charge in [-0.15, -0.1) is 0 Å². The van der Waals surface area contributed by atoms with Gasteiger partial charge in [-0.05, 0) is 31.9 Å². The van der Waals surface area contributed by atoms with E-state index in [-0.39, 0.29) is 16.7 Å². The van der Waals surface area contributed by atoms with E-state index in [1.54, 1.807) is 24.5 Å². The van der Waals surface area contributed by atoms with Crippen LogP contribution in [0.2, 0.25) is 0 Å². The molecule has 2 aromatic rings. The molecule has 1 unspecified atom stereocenters. The molecule has 96 valence electrons. The molecule has 1 aliphatic rings. The van der Waals surface area contributed by atoms with Gasteiger partial charge in [0.1, 0.15) is 0 Å². The van der Waals surface area contributed by atoms with Crippen LogP contribution in [-0.4, -0.2) is 22.5 Å². The van der Waals surface area contributed by atoms with Crippen molar-refractivity contribution in [2.75, 3.05) is 11.4 Å². The maximum absolute atomic E-state index is 11.2. The number of hydrogen-bond acceptors (Lipinski definition) is 4. The standard InChI is InChI=1S/C14H13N3O2/c1-10-3-2-6-16(10)12-7-11-9-15-5-4-13(11)14(8-12)17(18)19/h1,4-5,7-10H,2-3,6H2. The van der Waals surface area contributed by atoms with Gasteiger partial charge in [0.15, 0.2) is 0 Å². The summed E-state index contributed by atoms with van der Waals surface area (Å²) in [6.07, 6.45) is 5.14. The molecule has 0 amide bonds. The second-order valence-corrected chi connectivity index (χ2v) is 4.72. The minimum absolute atomic E-state index is 0.0614. The summed E-state index contributed by atoms with van der Waals surface area (Å²) < 4.78 is 0. The van der Waals surface area contributed by atoms with Crippen molar-refractivity contribution in [1.82, 2.24) is 4.98 Å². The molecule has 5 nitrogen and oxygen atoms in total. The maximum Gasteiger partial charge on any atom is 0.279 e. The predicted octanol–water partition coefficient (Wildman–Crippen LogP) is 2.82. The van der Waals surface area contributed by atoms with Crippen molar-refractivity contribution in [3.8, 4) is 0 Å². The number of fused-ring (bicyclic) bond motifs is 1. The summed E-state index contributed by atoms with van der Waals surface area (Å²) in [4.78, 5) is 16.9. The van der Waals surface area contributed by atoms with E-state index in [1.807, 2.05) is 11.0 Å². The second kappa shape index (κ2) is 4.50. The van der Waals surface area contributed by atoms with Crippen LogP contribution in [0.25, 0.3) is 10.8 Å². The van der Waals surface area contributed by atoms with Crippen molar-refractivity contribution in [3.63, 3.8) is 0 Å². The predicted molar refractivity (Wildman–Crippen MR) is 73.1 cm³/mol. The van der Waals surface area contributed by atoms with E-state index in [0.717, 1.165) is 30.5 Å². The third-order valence-corrected chi connectivity index (χ3v) is 3.54. The molecule has 2 radical (unpaired) electrons. The number of aromatic nitrogens is 1. The van der Waals surface area contributed by atoms with Crippen molar-refractivity contribution in [2.24, 2.45) is 0 Å². The summed E-state index contributed by atoms with van der Waals surface area (Å²) in [5, 5.41) is 12.6. The molecule has 1 aromatic heterocycles.